The standard InChI is InChI=1S/C14H26N2OS/c15-7-4-13-3-1-2-8-16(13)14(17)11-12-5-9-18-10-6-12/h12-13H,1-11,15H2. The van der Waals surface area contributed by atoms with Gasteiger partial charge in [-0.05, 0) is 62.5 Å². The number of nitrogens with zero attached hydrogens (tertiary/aromatic N) is 1. The van der Waals surface area contributed by atoms with Crippen LogP contribution in [0.1, 0.15) is 44.9 Å². The monoisotopic (exact) mass is 270 g/mol. The summed E-state index contributed by atoms with van der Waals surface area (Å²) in [5.74, 6) is 3.51. The van der Waals surface area contributed by atoms with E-state index >= 15 is 0 Å². The molecule has 4 heteroatoms. The Labute approximate surface area is 115 Å². The molecule has 1 unspecified atom stereocenters. The van der Waals surface area contributed by atoms with E-state index in [-0.39, 0.29) is 0 Å². The third-order valence-electron chi connectivity index (χ3n) is 4.25. The molecule has 2 N–H and O–H groups in total. The molecular formula is C14H26N2OS. The minimum atomic E-state index is 0.394. The van der Waals surface area contributed by atoms with Gasteiger partial charge in [0.25, 0.3) is 0 Å². The van der Waals surface area contributed by atoms with Crippen LogP contribution in [0.15, 0.2) is 0 Å². The van der Waals surface area contributed by atoms with Crippen LogP contribution in [0.2, 0.25) is 0 Å². The molecule has 0 aromatic heterocycles. The predicted octanol–water partition coefficient (Wildman–Crippen LogP) is 2.25. The summed E-state index contributed by atoms with van der Waals surface area (Å²) < 4.78 is 0. The van der Waals surface area contributed by atoms with Crippen molar-refractivity contribution in [1.29, 1.82) is 0 Å². The molecule has 0 aromatic carbocycles. The van der Waals surface area contributed by atoms with E-state index in [9.17, 15) is 4.79 Å². The first kappa shape index (κ1) is 14.2. The zero-order valence-corrected chi connectivity index (χ0v) is 12.1. The molecule has 104 valence electrons. The van der Waals surface area contributed by atoms with Gasteiger partial charge >= 0.3 is 0 Å². The SMILES string of the molecule is NCCC1CCCCN1C(=O)CC1CCSCC1. The highest BCUT2D eigenvalue weighted by Crippen LogP contribution is 2.27. The number of likely N-dealkylation sites (tertiary alicyclic amines) is 1. The lowest BCUT2D eigenvalue weighted by molar-refractivity contribution is -0.136. The molecule has 0 aliphatic carbocycles. The molecule has 0 aromatic rings. The van der Waals surface area contributed by atoms with Crippen LogP contribution in [0.5, 0.6) is 0 Å². The maximum absolute atomic E-state index is 12.4. The third-order valence-corrected chi connectivity index (χ3v) is 5.30. The van der Waals surface area contributed by atoms with Gasteiger partial charge in [0.2, 0.25) is 5.91 Å². The summed E-state index contributed by atoms with van der Waals surface area (Å²) in [6.07, 6.45) is 7.80. The van der Waals surface area contributed by atoms with E-state index in [4.69, 9.17) is 5.73 Å². The fourth-order valence-corrected chi connectivity index (χ4v) is 4.34. The van der Waals surface area contributed by atoms with E-state index < -0.39 is 0 Å². The predicted molar refractivity (Wildman–Crippen MR) is 77.7 cm³/mol. The first-order valence-corrected chi connectivity index (χ1v) is 8.54. The van der Waals surface area contributed by atoms with Crippen LogP contribution in [0.25, 0.3) is 0 Å². The van der Waals surface area contributed by atoms with Crippen LogP contribution < -0.4 is 5.73 Å². The molecule has 0 saturated carbocycles. The van der Waals surface area contributed by atoms with Crippen LogP contribution in [0.3, 0.4) is 0 Å². The van der Waals surface area contributed by atoms with Gasteiger partial charge in [0.05, 0.1) is 0 Å². The van der Waals surface area contributed by atoms with Gasteiger partial charge in [-0.25, -0.2) is 0 Å². The summed E-state index contributed by atoms with van der Waals surface area (Å²) >= 11 is 2.03. The molecule has 2 rings (SSSR count). The van der Waals surface area contributed by atoms with Gasteiger partial charge < -0.3 is 10.6 Å². The van der Waals surface area contributed by atoms with Crippen LogP contribution in [-0.2, 0) is 4.79 Å². The molecular weight excluding hydrogens is 244 g/mol. The molecule has 0 spiro atoms. The molecule has 0 radical (unpaired) electrons. The van der Waals surface area contributed by atoms with Crippen LogP contribution in [0.4, 0.5) is 0 Å². The Kier molecular flexibility index (Phi) is 5.83. The zero-order valence-electron chi connectivity index (χ0n) is 11.3. The second-order valence-corrected chi connectivity index (χ2v) is 6.80. The summed E-state index contributed by atoms with van der Waals surface area (Å²) in [4.78, 5) is 14.6. The first-order chi connectivity index (χ1) is 8.81. The molecule has 1 atom stereocenters. The van der Waals surface area contributed by atoms with Gasteiger partial charge in [-0.3, -0.25) is 4.79 Å². The quantitative estimate of drug-likeness (QED) is 0.852. The lowest BCUT2D eigenvalue weighted by Crippen LogP contribution is -2.45. The molecule has 2 aliphatic rings. The molecule has 1 amide bonds. The Balaban J connectivity index is 1.84. The lowest BCUT2D eigenvalue weighted by Gasteiger charge is -2.37. The van der Waals surface area contributed by atoms with Gasteiger partial charge in [-0.1, -0.05) is 0 Å². The Bertz CT molecular complexity index is 265. The molecule has 18 heavy (non-hydrogen) atoms. The summed E-state index contributed by atoms with van der Waals surface area (Å²) in [7, 11) is 0. The Morgan fingerprint density at radius 1 is 1.22 bits per heavy atom. The third kappa shape index (κ3) is 3.89. The van der Waals surface area contributed by atoms with Gasteiger partial charge in [-0.15, -0.1) is 0 Å². The second kappa shape index (κ2) is 7.39. The lowest BCUT2D eigenvalue weighted by atomic mass is 9.94. The van der Waals surface area contributed by atoms with Crippen molar-refractivity contribution in [2.45, 2.75) is 51.0 Å². The number of piperidine rings is 1. The van der Waals surface area contributed by atoms with Crippen molar-refractivity contribution < 1.29 is 4.79 Å². The fourth-order valence-electron chi connectivity index (χ4n) is 3.14. The number of hydrogen-bond acceptors (Lipinski definition) is 3. The number of thioether (sulfide) groups is 1. The van der Waals surface area contributed by atoms with E-state index in [1.54, 1.807) is 0 Å². The van der Waals surface area contributed by atoms with E-state index in [0.717, 1.165) is 25.8 Å². The second-order valence-electron chi connectivity index (χ2n) is 5.57. The maximum Gasteiger partial charge on any atom is 0.223 e. The number of nitrogens with two attached hydrogens (primary N) is 1. The Hall–Kier alpha value is -0.220. The van der Waals surface area contributed by atoms with Gasteiger partial charge in [0, 0.05) is 19.0 Å². The van der Waals surface area contributed by atoms with Crippen molar-refractivity contribution >= 4 is 17.7 Å². The Morgan fingerprint density at radius 2 is 2.00 bits per heavy atom. The summed E-state index contributed by atoms with van der Waals surface area (Å²) in [6.45, 7) is 1.67. The van der Waals surface area contributed by atoms with Crippen LogP contribution >= 0.6 is 11.8 Å². The summed E-state index contributed by atoms with van der Waals surface area (Å²) in [6, 6.07) is 0.425. The molecule has 3 nitrogen and oxygen atoms in total. The van der Waals surface area contributed by atoms with E-state index in [1.807, 2.05) is 11.8 Å². The van der Waals surface area contributed by atoms with E-state index in [1.165, 1.54) is 37.2 Å². The van der Waals surface area contributed by atoms with Crippen molar-refractivity contribution in [1.82, 2.24) is 4.90 Å². The van der Waals surface area contributed by atoms with E-state index in [2.05, 4.69) is 4.90 Å². The smallest absolute Gasteiger partial charge is 0.223 e. The van der Waals surface area contributed by atoms with Crippen molar-refractivity contribution in [2.24, 2.45) is 11.7 Å². The number of amides is 1. The average molecular weight is 270 g/mol. The number of carbonyl (C=O) groups is 1. The normalized spacial score (nSPS) is 26.3. The average Bonchev–Trinajstić information content (AvgIpc) is 2.41. The summed E-state index contributed by atoms with van der Waals surface area (Å²) in [5.41, 5.74) is 5.67. The van der Waals surface area contributed by atoms with Gasteiger partial charge in [0.15, 0.2) is 0 Å². The van der Waals surface area contributed by atoms with Gasteiger partial charge in [-0.2, -0.15) is 11.8 Å². The van der Waals surface area contributed by atoms with Crippen molar-refractivity contribution in [3.8, 4) is 0 Å². The Morgan fingerprint density at radius 3 is 2.72 bits per heavy atom. The fraction of sp³-hybridized carbons (Fsp3) is 0.929. The van der Waals surface area contributed by atoms with E-state index in [0.29, 0.717) is 24.4 Å². The van der Waals surface area contributed by atoms with Crippen molar-refractivity contribution in [3.63, 3.8) is 0 Å². The molecule has 2 saturated heterocycles. The zero-order chi connectivity index (χ0) is 12.8. The minimum absolute atomic E-state index is 0.394. The first-order valence-electron chi connectivity index (χ1n) is 7.38. The number of carbonyl (C=O) groups excluding carboxylic acids is 1. The molecule has 2 fully saturated rings. The van der Waals surface area contributed by atoms with Crippen LogP contribution in [-0.4, -0.2) is 41.4 Å². The number of hydrogen-bond donors (Lipinski definition) is 1. The minimum Gasteiger partial charge on any atom is -0.340 e. The van der Waals surface area contributed by atoms with Crippen molar-refractivity contribution in [3.05, 3.63) is 0 Å². The summed E-state index contributed by atoms with van der Waals surface area (Å²) in [5, 5.41) is 0. The largest absolute Gasteiger partial charge is 0.340 e. The van der Waals surface area contributed by atoms with Crippen LogP contribution in [0, 0.1) is 5.92 Å². The topological polar surface area (TPSA) is 46.3 Å². The van der Waals surface area contributed by atoms with Gasteiger partial charge in [0.1, 0.15) is 0 Å². The van der Waals surface area contributed by atoms with Crippen molar-refractivity contribution in [2.75, 3.05) is 24.6 Å². The highest BCUT2D eigenvalue weighted by Gasteiger charge is 2.28. The molecule has 2 aliphatic heterocycles. The highest BCUT2D eigenvalue weighted by atomic mass is 32.2. The molecule has 2 heterocycles. The highest BCUT2D eigenvalue weighted by molar-refractivity contribution is 7.99. The maximum atomic E-state index is 12.4. The molecule has 0 bridgehead atoms. The number of rotatable bonds is 4.